The molecule has 1 rings (SSSR count). The van der Waals surface area contributed by atoms with Crippen LogP contribution >= 0.6 is 0 Å². The highest BCUT2D eigenvalue weighted by atomic mass is 19.4. The van der Waals surface area contributed by atoms with Crippen molar-refractivity contribution in [3.63, 3.8) is 0 Å². The van der Waals surface area contributed by atoms with Crippen LogP contribution < -0.4 is 9.39 Å². The first-order chi connectivity index (χ1) is 6.92. The van der Waals surface area contributed by atoms with E-state index in [1.807, 2.05) is 0 Å². The minimum atomic E-state index is -4.98. The van der Waals surface area contributed by atoms with Crippen LogP contribution in [-0.2, 0) is 0 Å². The first kappa shape index (κ1) is 11.6. The lowest BCUT2D eigenvalue weighted by atomic mass is 10.3. The summed E-state index contributed by atoms with van der Waals surface area (Å²) in [6, 6.07) is 2.42. The van der Waals surface area contributed by atoms with Gasteiger partial charge in [-0.1, -0.05) is 0 Å². The van der Waals surface area contributed by atoms with Gasteiger partial charge in [0.05, 0.1) is 0 Å². The molecule has 3 nitrogen and oxygen atoms in total. The van der Waals surface area contributed by atoms with E-state index < -0.39 is 17.9 Å². The second-order valence-electron chi connectivity index (χ2n) is 2.36. The lowest BCUT2D eigenvalue weighted by Crippen LogP contribution is -2.18. The predicted molar refractivity (Wildman–Crippen MR) is 41.7 cm³/mol. The summed E-state index contributed by atoms with van der Waals surface area (Å²) in [4.78, 5) is 0. The third kappa shape index (κ3) is 3.66. The van der Waals surface area contributed by atoms with Crippen molar-refractivity contribution >= 4 is 7.69 Å². The Morgan fingerprint density at radius 2 is 1.93 bits per heavy atom. The predicted octanol–water partition coefficient (Wildman–Crippen LogP) is 1.63. The molecule has 0 saturated carbocycles. The Labute approximate surface area is 82.5 Å². The molecule has 0 bridgehead atoms. The van der Waals surface area contributed by atoms with Gasteiger partial charge in [-0.25, -0.2) is 4.39 Å². The normalized spacial score (nSPS) is 11.0. The molecule has 0 fully saturated rings. The van der Waals surface area contributed by atoms with E-state index >= 15 is 0 Å². The fourth-order valence-corrected chi connectivity index (χ4v) is 0.821. The third-order valence-electron chi connectivity index (χ3n) is 1.32. The van der Waals surface area contributed by atoms with Gasteiger partial charge in [0, 0.05) is 6.07 Å². The van der Waals surface area contributed by atoms with Gasteiger partial charge in [-0.2, -0.15) is 0 Å². The molecule has 0 heterocycles. The lowest BCUT2D eigenvalue weighted by Gasteiger charge is -2.10. The van der Waals surface area contributed by atoms with E-state index in [-0.39, 0.29) is 13.4 Å². The molecule has 1 radical (unpaired) electrons. The van der Waals surface area contributed by atoms with Crippen LogP contribution in [0, 0.1) is 5.82 Å². The van der Waals surface area contributed by atoms with Crippen LogP contribution in [0.15, 0.2) is 18.2 Å². The van der Waals surface area contributed by atoms with Crippen molar-refractivity contribution in [2.75, 3.05) is 0 Å². The van der Waals surface area contributed by atoms with Crippen molar-refractivity contribution in [3.8, 4) is 11.5 Å². The summed E-state index contributed by atoms with van der Waals surface area (Å²) in [6.07, 6.45) is -4.98. The van der Waals surface area contributed by atoms with Crippen LogP contribution in [0.25, 0.3) is 0 Å². The van der Waals surface area contributed by atoms with Gasteiger partial charge < -0.3 is 14.4 Å². The zero-order chi connectivity index (χ0) is 11.5. The zero-order valence-electron chi connectivity index (χ0n) is 7.08. The lowest BCUT2D eigenvalue weighted by molar-refractivity contribution is -0.275. The van der Waals surface area contributed by atoms with Crippen LogP contribution in [0.5, 0.6) is 11.5 Å². The van der Waals surface area contributed by atoms with E-state index in [4.69, 9.17) is 5.02 Å². The average molecular weight is 223 g/mol. The Balaban J connectivity index is 2.90. The summed E-state index contributed by atoms with van der Waals surface area (Å²) in [5, 5.41) is 8.21. The summed E-state index contributed by atoms with van der Waals surface area (Å²) in [7, 11) is 0.255. The molecule has 0 aliphatic carbocycles. The van der Waals surface area contributed by atoms with E-state index in [9.17, 15) is 17.6 Å². The number of hydrogen-bond acceptors (Lipinski definition) is 3. The van der Waals surface area contributed by atoms with Crippen molar-refractivity contribution in [1.29, 1.82) is 0 Å². The maximum Gasteiger partial charge on any atom is 0.573 e. The molecule has 81 valence electrons. The number of benzene rings is 1. The SMILES string of the molecule is O[B]Oc1ccc(F)c(OC(F)(F)F)c1. The maximum absolute atomic E-state index is 12.8. The third-order valence-corrected chi connectivity index (χ3v) is 1.32. The molecule has 0 saturated heterocycles. The molecule has 1 aromatic rings. The molecule has 0 atom stereocenters. The van der Waals surface area contributed by atoms with Crippen molar-refractivity contribution in [2.45, 2.75) is 6.36 Å². The first-order valence-electron chi connectivity index (χ1n) is 3.60. The van der Waals surface area contributed by atoms with Crippen molar-refractivity contribution in [3.05, 3.63) is 24.0 Å². The highest BCUT2D eigenvalue weighted by Gasteiger charge is 2.32. The fourth-order valence-electron chi connectivity index (χ4n) is 0.821. The smallest absolute Gasteiger partial charge is 0.537 e. The van der Waals surface area contributed by atoms with Crippen LogP contribution in [0.3, 0.4) is 0 Å². The molecular weight excluding hydrogens is 219 g/mol. The van der Waals surface area contributed by atoms with Crippen molar-refractivity contribution in [2.24, 2.45) is 0 Å². The number of alkyl halides is 3. The van der Waals surface area contributed by atoms with Gasteiger partial charge in [0.15, 0.2) is 11.6 Å². The van der Waals surface area contributed by atoms with Crippen LogP contribution in [-0.4, -0.2) is 19.1 Å². The fraction of sp³-hybridized carbons (Fsp3) is 0.143. The zero-order valence-corrected chi connectivity index (χ0v) is 7.08. The molecule has 0 aliphatic rings. The van der Waals surface area contributed by atoms with Gasteiger partial charge in [-0.3, -0.25) is 0 Å². The monoisotopic (exact) mass is 223 g/mol. The summed E-state index contributed by atoms with van der Waals surface area (Å²) in [5.74, 6) is -2.39. The molecule has 0 spiro atoms. The molecular formula is C7H4BF4O3. The summed E-state index contributed by atoms with van der Waals surface area (Å²) in [5.41, 5.74) is 0. The summed E-state index contributed by atoms with van der Waals surface area (Å²) >= 11 is 0. The van der Waals surface area contributed by atoms with Gasteiger partial charge in [-0.15, -0.1) is 13.2 Å². The standard InChI is InChI=1S/C7H4BF4O3/c9-5-2-1-4(15-8-13)3-6(5)14-7(10,11)12/h1-3,13H. The van der Waals surface area contributed by atoms with E-state index in [1.165, 1.54) is 0 Å². The molecule has 0 unspecified atom stereocenters. The molecule has 1 N–H and O–H groups in total. The van der Waals surface area contributed by atoms with E-state index in [2.05, 4.69) is 9.39 Å². The summed E-state index contributed by atoms with van der Waals surface area (Å²) in [6.45, 7) is 0. The van der Waals surface area contributed by atoms with Gasteiger partial charge in [0.2, 0.25) is 0 Å². The number of hydrogen-bond donors (Lipinski definition) is 1. The van der Waals surface area contributed by atoms with E-state index in [0.717, 1.165) is 12.1 Å². The first-order valence-corrected chi connectivity index (χ1v) is 3.60. The van der Waals surface area contributed by atoms with E-state index in [1.54, 1.807) is 0 Å². The molecule has 1 aromatic carbocycles. The number of halogens is 4. The Morgan fingerprint density at radius 3 is 2.47 bits per heavy atom. The second kappa shape index (κ2) is 4.39. The van der Waals surface area contributed by atoms with Gasteiger partial charge in [0.1, 0.15) is 5.75 Å². The number of ether oxygens (including phenoxy) is 1. The topological polar surface area (TPSA) is 38.7 Å². The Hall–Kier alpha value is -1.44. The van der Waals surface area contributed by atoms with E-state index in [0.29, 0.717) is 6.07 Å². The van der Waals surface area contributed by atoms with Crippen molar-refractivity contribution < 1.29 is 32.0 Å². The maximum atomic E-state index is 12.8. The quantitative estimate of drug-likeness (QED) is 0.625. The Morgan fingerprint density at radius 1 is 1.27 bits per heavy atom. The minimum Gasteiger partial charge on any atom is -0.537 e. The van der Waals surface area contributed by atoms with Gasteiger partial charge >= 0.3 is 14.0 Å². The van der Waals surface area contributed by atoms with Crippen LogP contribution in [0.2, 0.25) is 0 Å². The van der Waals surface area contributed by atoms with Crippen LogP contribution in [0.4, 0.5) is 17.6 Å². The van der Waals surface area contributed by atoms with Crippen LogP contribution in [0.1, 0.15) is 0 Å². The molecule has 0 aliphatic heterocycles. The van der Waals surface area contributed by atoms with Gasteiger partial charge in [-0.05, 0) is 12.1 Å². The van der Waals surface area contributed by atoms with Gasteiger partial charge in [0.25, 0.3) is 0 Å². The highest BCUT2D eigenvalue weighted by molar-refractivity contribution is 6.17. The molecule has 0 aromatic heterocycles. The minimum absolute atomic E-state index is 0.182. The molecule has 0 amide bonds. The largest absolute Gasteiger partial charge is 0.573 e. The second-order valence-corrected chi connectivity index (χ2v) is 2.36. The Bertz CT molecular complexity index is 341. The molecule has 8 heteroatoms. The summed E-state index contributed by atoms with van der Waals surface area (Å²) < 4.78 is 55.7. The Kier molecular flexibility index (Phi) is 3.41. The van der Waals surface area contributed by atoms with Crippen molar-refractivity contribution in [1.82, 2.24) is 0 Å². The average Bonchev–Trinajstić information content (AvgIpc) is 2.09. The number of rotatable bonds is 3. The highest BCUT2D eigenvalue weighted by Crippen LogP contribution is 2.28. The molecule has 15 heavy (non-hydrogen) atoms.